The largest absolute Gasteiger partial charge is 0.484 e. The van der Waals surface area contributed by atoms with Crippen LogP contribution in [0.15, 0.2) is 90.3 Å². The first-order valence-electron chi connectivity index (χ1n) is 12.4. The summed E-state index contributed by atoms with van der Waals surface area (Å²) < 4.78 is 8.75. The highest BCUT2D eigenvalue weighted by Gasteiger charge is 2.24. The fraction of sp³-hybridized carbons (Fsp3) is 0.233. The molecular weight excluding hydrogens is 482 g/mol. The molecule has 7 heteroatoms. The molecule has 0 spiro atoms. The number of nitrogens with one attached hydrogen (secondary N) is 1. The predicted molar refractivity (Wildman–Crippen MR) is 145 cm³/mol. The van der Waals surface area contributed by atoms with Gasteiger partial charge in [-0.25, -0.2) is 4.98 Å². The number of hydrogen-bond acceptors (Lipinski definition) is 5. The highest BCUT2D eigenvalue weighted by molar-refractivity contribution is 7.98. The van der Waals surface area contributed by atoms with Gasteiger partial charge in [-0.1, -0.05) is 30.3 Å². The van der Waals surface area contributed by atoms with E-state index in [4.69, 9.17) is 4.74 Å². The van der Waals surface area contributed by atoms with Crippen LogP contribution in [-0.2, 0) is 18.7 Å². The monoisotopic (exact) mass is 511 g/mol. The zero-order chi connectivity index (χ0) is 25.6. The van der Waals surface area contributed by atoms with Crippen molar-refractivity contribution in [3.8, 4) is 5.75 Å². The molecule has 0 saturated carbocycles. The van der Waals surface area contributed by atoms with E-state index in [1.54, 1.807) is 31.3 Å². The minimum absolute atomic E-state index is 0.104. The smallest absolute Gasteiger partial charge is 0.251 e. The molecule has 0 radical (unpaired) electrons. The molecule has 4 aromatic rings. The number of hydrogen-bond donors (Lipinski definition) is 1. The van der Waals surface area contributed by atoms with Gasteiger partial charge >= 0.3 is 0 Å². The van der Waals surface area contributed by atoms with Crippen LogP contribution in [0.1, 0.15) is 56.4 Å². The van der Waals surface area contributed by atoms with Crippen LogP contribution in [0.5, 0.6) is 5.75 Å². The van der Waals surface area contributed by atoms with E-state index in [-0.39, 0.29) is 17.8 Å². The van der Waals surface area contributed by atoms with E-state index >= 15 is 0 Å². The van der Waals surface area contributed by atoms with Gasteiger partial charge in [0.1, 0.15) is 11.9 Å². The number of nitrogens with zero attached hydrogens (tertiary/aromatic N) is 2. The lowest BCUT2D eigenvalue weighted by Gasteiger charge is -2.25. The van der Waals surface area contributed by atoms with Crippen molar-refractivity contribution in [1.29, 1.82) is 0 Å². The molecule has 0 aliphatic heterocycles. The summed E-state index contributed by atoms with van der Waals surface area (Å²) in [6.45, 7) is 0.619. The Morgan fingerprint density at radius 3 is 2.62 bits per heavy atom. The Labute approximate surface area is 221 Å². The molecule has 1 aromatic heterocycles. The molecule has 0 fully saturated rings. The summed E-state index contributed by atoms with van der Waals surface area (Å²) in [6, 6.07) is 21.7. The molecule has 0 bridgehead atoms. The summed E-state index contributed by atoms with van der Waals surface area (Å²) in [5.74, 6) is 1.56. The van der Waals surface area contributed by atoms with Crippen LogP contribution in [0.3, 0.4) is 0 Å². The van der Waals surface area contributed by atoms with Gasteiger partial charge in [-0.15, -0.1) is 11.8 Å². The summed E-state index contributed by atoms with van der Waals surface area (Å²) in [5, 5.41) is 2.65. The Bertz CT molecular complexity index is 1370. The molecular formula is C30H29N3O3S. The van der Waals surface area contributed by atoms with Crippen molar-refractivity contribution in [3.05, 3.63) is 113 Å². The Hall–Kier alpha value is -3.84. The van der Waals surface area contributed by atoms with Crippen LogP contribution in [0.2, 0.25) is 0 Å². The first-order valence-corrected chi connectivity index (χ1v) is 13.4. The minimum atomic E-state index is -0.219. The third-order valence-electron chi connectivity index (χ3n) is 6.62. The average molecular weight is 512 g/mol. The first-order chi connectivity index (χ1) is 18.1. The molecule has 1 aliphatic rings. The van der Waals surface area contributed by atoms with Gasteiger partial charge in [0.15, 0.2) is 5.78 Å². The van der Waals surface area contributed by atoms with Crippen LogP contribution in [-0.4, -0.2) is 28.3 Å². The number of thioether (sulfide) groups is 1. The number of carbonyl (C=O) groups excluding carboxylic acids is 2. The highest BCUT2D eigenvalue weighted by atomic mass is 32.2. The maximum absolute atomic E-state index is 12.7. The van der Waals surface area contributed by atoms with E-state index < -0.39 is 0 Å². The number of Topliss-reactive ketones (excluding diaryl/α,β-unsaturated/α-hetero) is 1. The van der Waals surface area contributed by atoms with Gasteiger partial charge in [0, 0.05) is 53.2 Å². The first kappa shape index (κ1) is 24.8. The molecule has 1 heterocycles. The normalized spacial score (nSPS) is 13.6. The number of benzene rings is 3. The number of aromatic nitrogens is 2. The molecule has 37 heavy (non-hydrogen) atoms. The fourth-order valence-electron chi connectivity index (χ4n) is 4.67. The van der Waals surface area contributed by atoms with Gasteiger partial charge in [-0.05, 0) is 60.4 Å². The van der Waals surface area contributed by atoms with Crippen LogP contribution < -0.4 is 10.1 Å². The van der Waals surface area contributed by atoms with E-state index in [9.17, 15) is 9.59 Å². The second-order valence-corrected chi connectivity index (χ2v) is 10.1. The van der Waals surface area contributed by atoms with Crippen molar-refractivity contribution in [2.75, 3.05) is 7.05 Å². The topological polar surface area (TPSA) is 73.2 Å². The molecule has 1 N–H and O–H groups in total. The molecule has 1 atom stereocenters. The molecule has 188 valence electrons. The maximum Gasteiger partial charge on any atom is 0.251 e. The zero-order valence-electron chi connectivity index (χ0n) is 20.7. The van der Waals surface area contributed by atoms with Gasteiger partial charge < -0.3 is 14.6 Å². The summed E-state index contributed by atoms with van der Waals surface area (Å²) in [6.07, 6.45) is 7.58. The second-order valence-electron chi connectivity index (χ2n) is 9.01. The number of ketones is 1. The van der Waals surface area contributed by atoms with Gasteiger partial charge in [-0.2, -0.15) is 0 Å². The van der Waals surface area contributed by atoms with E-state index in [0.717, 1.165) is 45.7 Å². The number of amides is 1. The molecule has 5 rings (SSSR count). The minimum Gasteiger partial charge on any atom is -0.484 e. The molecule has 3 aromatic carbocycles. The van der Waals surface area contributed by atoms with Crippen molar-refractivity contribution in [2.24, 2.45) is 0 Å². The Morgan fingerprint density at radius 2 is 1.89 bits per heavy atom. The van der Waals surface area contributed by atoms with Gasteiger partial charge in [0.05, 0.1) is 12.9 Å². The summed E-state index contributed by atoms with van der Waals surface area (Å²) >= 11 is 1.68. The number of fused-ring (bicyclic) bond motifs is 1. The quantitative estimate of drug-likeness (QED) is 0.284. The average Bonchev–Trinajstić information content (AvgIpc) is 3.46. The molecule has 1 amide bonds. The number of rotatable bonds is 9. The third kappa shape index (κ3) is 5.78. The highest BCUT2D eigenvalue weighted by Crippen LogP contribution is 2.38. The fourth-order valence-corrected chi connectivity index (χ4v) is 5.62. The third-order valence-corrected chi connectivity index (χ3v) is 7.66. The van der Waals surface area contributed by atoms with Crippen LogP contribution in [0.4, 0.5) is 0 Å². The lowest BCUT2D eigenvalue weighted by atomic mass is 9.87. The summed E-state index contributed by atoms with van der Waals surface area (Å²) in [5.41, 5.74) is 4.68. The Morgan fingerprint density at radius 1 is 1.08 bits per heavy atom. The molecule has 1 unspecified atom stereocenters. The Kier molecular flexibility index (Phi) is 7.70. The number of ether oxygens (including phenoxy) is 1. The second kappa shape index (κ2) is 11.5. The summed E-state index contributed by atoms with van der Waals surface area (Å²) in [7, 11) is 1.63. The predicted octanol–water partition coefficient (Wildman–Crippen LogP) is 5.87. The van der Waals surface area contributed by atoms with E-state index in [1.165, 1.54) is 0 Å². The summed E-state index contributed by atoms with van der Waals surface area (Å²) in [4.78, 5) is 29.9. The lowest BCUT2D eigenvalue weighted by Crippen LogP contribution is -2.18. The van der Waals surface area contributed by atoms with Gasteiger partial charge in [-0.3, -0.25) is 9.59 Å². The SMILES string of the molecule is CNC(=O)c1ccc(SCc2c(OC(Cn3ccnc3)c3ccccc3)ccc3c2CCCC3=O)cc1. The standard InChI is InChI=1S/C30H29N3O3S/c1-31-30(35)22-10-12-23(13-11-22)37-19-26-24-8-5-9-27(34)25(24)14-15-28(26)36-29(18-33-17-16-32-20-33)21-6-3-2-4-7-21/h2-4,6-7,10-17,20,29H,5,8-9,18-19H2,1H3,(H,31,35). The van der Waals surface area contributed by atoms with Crippen molar-refractivity contribution in [3.63, 3.8) is 0 Å². The number of carbonyl (C=O) groups is 2. The van der Waals surface area contributed by atoms with Crippen LogP contribution >= 0.6 is 11.8 Å². The van der Waals surface area contributed by atoms with E-state index in [2.05, 4.69) is 22.4 Å². The number of imidazole rings is 1. The molecule has 1 aliphatic carbocycles. The Balaban J connectivity index is 1.46. The van der Waals surface area contributed by atoms with Gasteiger partial charge in [0.2, 0.25) is 0 Å². The van der Waals surface area contributed by atoms with E-state index in [0.29, 0.717) is 24.3 Å². The van der Waals surface area contributed by atoms with Gasteiger partial charge in [0.25, 0.3) is 5.91 Å². The maximum atomic E-state index is 12.7. The van der Waals surface area contributed by atoms with Crippen LogP contribution in [0.25, 0.3) is 0 Å². The molecule has 6 nitrogen and oxygen atoms in total. The molecule has 0 saturated heterocycles. The van der Waals surface area contributed by atoms with Crippen LogP contribution in [0, 0.1) is 0 Å². The van der Waals surface area contributed by atoms with Crippen molar-refractivity contribution < 1.29 is 14.3 Å². The van der Waals surface area contributed by atoms with Crippen molar-refractivity contribution >= 4 is 23.5 Å². The van der Waals surface area contributed by atoms with Crippen molar-refractivity contribution in [1.82, 2.24) is 14.9 Å². The zero-order valence-corrected chi connectivity index (χ0v) is 21.5. The lowest BCUT2D eigenvalue weighted by molar-refractivity contribution is 0.0958. The van der Waals surface area contributed by atoms with Crippen molar-refractivity contribution in [2.45, 2.75) is 42.6 Å². The van der Waals surface area contributed by atoms with E-state index in [1.807, 2.05) is 65.4 Å².